The van der Waals surface area contributed by atoms with Gasteiger partial charge in [0, 0.05) is 6.42 Å². The average Bonchev–Trinajstić information content (AvgIpc) is 2.13. The second-order valence-electron chi connectivity index (χ2n) is 4.08. The molecule has 0 rings (SSSR count). The Morgan fingerprint density at radius 2 is 2.07 bits per heavy atom. The van der Waals surface area contributed by atoms with Gasteiger partial charge in [-0.2, -0.15) is 0 Å². The molecule has 0 aromatic carbocycles. The topological polar surface area (TPSA) is 17.1 Å². The van der Waals surface area contributed by atoms with Gasteiger partial charge in [-0.25, -0.2) is 0 Å². The normalized spacial score (nSPS) is 12.1. The van der Waals surface area contributed by atoms with Crippen LogP contribution in [0.25, 0.3) is 0 Å². The zero-order valence-electron chi connectivity index (χ0n) is 9.51. The molecule has 1 nitrogen and oxygen atoms in total. The van der Waals surface area contributed by atoms with E-state index in [1.165, 1.54) is 25.7 Å². The van der Waals surface area contributed by atoms with Crippen LogP contribution in [-0.2, 0) is 4.79 Å². The van der Waals surface area contributed by atoms with Crippen molar-refractivity contribution in [1.29, 1.82) is 0 Å². The molecule has 0 aliphatic carbocycles. The molecule has 0 bridgehead atoms. The van der Waals surface area contributed by atoms with Gasteiger partial charge in [-0.1, -0.05) is 51.9 Å². The van der Waals surface area contributed by atoms with Gasteiger partial charge < -0.3 is 0 Å². The van der Waals surface area contributed by atoms with E-state index in [2.05, 4.69) is 19.8 Å². The van der Waals surface area contributed by atoms with E-state index in [0.717, 1.165) is 6.42 Å². The van der Waals surface area contributed by atoms with Crippen molar-refractivity contribution in [2.24, 2.45) is 5.92 Å². The third-order valence-corrected chi connectivity index (χ3v) is 2.43. The molecule has 0 N–H and O–H groups in total. The number of hydrogen-bond donors (Lipinski definition) is 0. The van der Waals surface area contributed by atoms with Gasteiger partial charge >= 0.3 is 0 Å². The molecule has 0 spiro atoms. The fourth-order valence-electron chi connectivity index (χ4n) is 1.60. The lowest BCUT2D eigenvalue weighted by atomic mass is 9.96. The Morgan fingerprint density at radius 3 is 2.64 bits per heavy atom. The van der Waals surface area contributed by atoms with Crippen LogP contribution >= 0.6 is 0 Å². The molecule has 0 aromatic heterocycles. The molecule has 1 atom stereocenters. The van der Waals surface area contributed by atoms with Gasteiger partial charge in [0.15, 0.2) is 0 Å². The van der Waals surface area contributed by atoms with E-state index in [4.69, 9.17) is 6.42 Å². The maximum Gasteiger partial charge on any atom is 0.145 e. The molecule has 1 unspecified atom stereocenters. The minimum atomic E-state index is 0.218. The molecule has 0 aromatic rings. The maximum absolute atomic E-state index is 11.2. The molecule has 0 fully saturated rings. The number of hydrogen-bond acceptors (Lipinski definition) is 1. The van der Waals surface area contributed by atoms with Crippen molar-refractivity contribution < 1.29 is 4.79 Å². The summed E-state index contributed by atoms with van der Waals surface area (Å²) in [7, 11) is 0. The minimum Gasteiger partial charge on any atom is -0.299 e. The van der Waals surface area contributed by atoms with Crippen molar-refractivity contribution in [3.05, 3.63) is 0 Å². The first-order chi connectivity index (χ1) is 6.70. The number of unbranched alkanes of at least 4 members (excludes halogenated alkanes) is 3. The number of Topliss-reactive ketones (excluding diaryl/α,β-unsaturated/α-hetero) is 1. The van der Waals surface area contributed by atoms with Gasteiger partial charge in [0.2, 0.25) is 0 Å². The standard InChI is InChI=1S/C13H22O/c1-4-6-7-8-10-12(3)11-13(14)9-5-2/h2,12H,4,6-11H2,1,3H3. The van der Waals surface area contributed by atoms with Gasteiger partial charge in [0.05, 0.1) is 6.42 Å². The van der Waals surface area contributed by atoms with Crippen LogP contribution in [-0.4, -0.2) is 5.78 Å². The van der Waals surface area contributed by atoms with Crippen molar-refractivity contribution in [3.8, 4) is 12.3 Å². The molecular weight excluding hydrogens is 172 g/mol. The fraction of sp³-hybridized carbons (Fsp3) is 0.769. The van der Waals surface area contributed by atoms with Crippen LogP contribution in [0.3, 0.4) is 0 Å². The average molecular weight is 194 g/mol. The van der Waals surface area contributed by atoms with E-state index in [0.29, 0.717) is 18.8 Å². The van der Waals surface area contributed by atoms with Crippen molar-refractivity contribution in [2.75, 3.05) is 0 Å². The summed E-state index contributed by atoms with van der Waals surface area (Å²) in [6.07, 6.45) is 12.3. The number of carbonyl (C=O) groups excluding carboxylic acids is 1. The predicted molar refractivity (Wildman–Crippen MR) is 61.0 cm³/mol. The largest absolute Gasteiger partial charge is 0.299 e. The lowest BCUT2D eigenvalue weighted by Crippen LogP contribution is -2.04. The van der Waals surface area contributed by atoms with E-state index >= 15 is 0 Å². The quantitative estimate of drug-likeness (QED) is 0.426. The first-order valence-electron chi connectivity index (χ1n) is 5.65. The van der Waals surface area contributed by atoms with E-state index in [-0.39, 0.29) is 5.78 Å². The zero-order chi connectivity index (χ0) is 10.8. The summed E-state index contributed by atoms with van der Waals surface area (Å²) in [5, 5.41) is 0. The first kappa shape index (κ1) is 13.2. The lowest BCUT2D eigenvalue weighted by molar-refractivity contribution is -0.118. The van der Waals surface area contributed by atoms with Gasteiger partial charge in [-0.15, -0.1) is 6.42 Å². The van der Waals surface area contributed by atoms with Crippen molar-refractivity contribution in [2.45, 2.75) is 58.8 Å². The SMILES string of the molecule is C#CCC(=O)CC(C)CCCCCC. The van der Waals surface area contributed by atoms with Crippen LogP contribution in [0, 0.1) is 18.3 Å². The van der Waals surface area contributed by atoms with E-state index in [1.807, 2.05) is 0 Å². The molecule has 0 saturated heterocycles. The molecule has 0 aliphatic heterocycles. The third-order valence-electron chi connectivity index (χ3n) is 2.43. The maximum atomic E-state index is 11.2. The zero-order valence-corrected chi connectivity index (χ0v) is 9.51. The number of carbonyl (C=O) groups is 1. The van der Waals surface area contributed by atoms with Gasteiger partial charge in [0.25, 0.3) is 0 Å². The van der Waals surface area contributed by atoms with Gasteiger partial charge in [-0.05, 0) is 5.92 Å². The van der Waals surface area contributed by atoms with E-state index in [1.54, 1.807) is 0 Å². The molecule has 0 saturated carbocycles. The van der Waals surface area contributed by atoms with Crippen LogP contribution in [0.2, 0.25) is 0 Å². The smallest absolute Gasteiger partial charge is 0.145 e. The molecule has 80 valence electrons. The van der Waals surface area contributed by atoms with Gasteiger partial charge in [-0.3, -0.25) is 4.79 Å². The summed E-state index contributed by atoms with van der Waals surface area (Å²) < 4.78 is 0. The summed E-state index contributed by atoms with van der Waals surface area (Å²) in [5.41, 5.74) is 0. The first-order valence-corrected chi connectivity index (χ1v) is 5.65. The molecule has 14 heavy (non-hydrogen) atoms. The Morgan fingerprint density at radius 1 is 1.36 bits per heavy atom. The molecule has 0 radical (unpaired) electrons. The highest BCUT2D eigenvalue weighted by Gasteiger charge is 2.07. The van der Waals surface area contributed by atoms with Crippen LogP contribution in [0.5, 0.6) is 0 Å². The lowest BCUT2D eigenvalue weighted by Gasteiger charge is -2.08. The summed E-state index contributed by atoms with van der Waals surface area (Å²) in [5.74, 6) is 3.12. The Kier molecular flexibility index (Phi) is 8.33. The third kappa shape index (κ3) is 7.86. The summed E-state index contributed by atoms with van der Waals surface area (Å²) >= 11 is 0. The van der Waals surface area contributed by atoms with Crippen molar-refractivity contribution in [3.63, 3.8) is 0 Å². The van der Waals surface area contributed by atoms with Gasteiger partial charge in [0.1, 0.15) is 5.78 Å². The van der Waals surface area contributed by atoms with Crippen molar-refractivity contribution >= 4 is 5.78 Å². The molecule has 0 heterocycles. The monoisotopic (exact) mass is 194 g/mol. The van der Waals surface area contributed by atoms with E-state index < -0.39 is 0 Å². The highest BCUT2D eigenvalue weighted by molar-refractivity contribution is 5.80. The van der Waals surface area contributed by atoms with Crippen molar-refractivity contribution in [1.82, 2.24) is 0 Å². The molecule has 0 amide bonds. The summed E-state index contributed by atoms with van der Waals surface area (Å²) in [6, 6.07) is 0. The Bertz CT molecular complexity index is 188. The Balaban J connectivity index is 3.41. The van der Waals surface area contributed by atoms with Crippen LogP contribution in [0.4, 0.5) is 0 Å². The Labute approximate surface area is 88.3 Å². The number of rotatable bonds is 8. The fourth-order valence-corrected chi connectivity index (χ4v) is 1.60. The highest BCUT2D eigenvalue weighted by Crippen LogP contribution is 2.14. The minimum absolute atomic E-state index is 0.218. The highest BCUT2D eigenvalue weighted by atomic mass is 16.1. The predicted octanol–water partition coefficient (Wildman–Crippen LogP) is 3.58. The molecule has 0 aliphatic rings. The Hall–Kier alpha value is -0.770. The number of terminal acetylenes is 1. The van der Waals surface area contributed by atoms with Crippen LogP contribution < -0.4 is 0 Å². The summed E-state index contributed by atoms with van der Waals surface area (Å²) in [4.78, 5) is 11.2. The van der Waals surface area contributed by atoms with Crippen LogP contribution in [0.1, 0.15) is 58.8 Å². The second-order valence-corrected chi connectivity index (χ2v) is 4.08. The second kappa shape index (κ2) is 8.81. The van der Waals surface area contributed by atoms with E-state index in [9.17, 15) is 4.79 Å². The summed E-state index contributed by atoms with van der Waals surface area (Å²) in [6.45, 7) is 4.35. The molecule has 1 heteroatoms. The molecular formula is C13H22O. The number of ketones is 1. The van der Waals surface area contributed by atoms with Crippen LogP contribution in [0.15, 0.2) is 0 Å².